The number of benzene rings is 3. The standard InChI is InChI=1S/C26H20ClNO2S/c1-16-23(22-13-20(27)8-10-25(22)31-16)15-28-14-19(12-26(29)30)21-9-7-18(11-24(21)28)17-5-3-2-4-6-17/h2-11,13-14H,12,15H2,1H3,(H,29,30). The lowest BCUT2D eigenvalue weighted by atomic mass is 10.0. The number of halogens is 1. The topological polar surface area (TPSA) is 42.2 Å². The summed E-state index contributed by atoms with van der Waals surface area (Å²) in [6, 6.07) is 22.5. The van der Waals surface area contributed by atoms with Gasteiger partial charge in [-0.25, -0.2) is 0 Å². The minimum atomic E-state index is -0.824. The van der Waals surface area contributed by atoms with Gasteiger partial charge in [0, 0.05) is 38.2 Å². The van der Waals surface area contributed by atoms with Crippen LogP contribution in [0.15, 0.2) is 72.9 Å². The van der Waals surface area contributed by atoms with Crippen molar-refractivity contribution in [1.29, 1.82) is 0 Å². The highest BCUT2D eigenvalue weighted by Crippen LogP contribution is 2.35. The smallest absolute Gasteiger partial charge is 0.307 e. The maximum Gasteiger partial charge on any atom is 0.307 e. The second-order valence-corrected chi connectivity index (χ2v) is 9.42. The molecule has 5 rings (SSSR count). The summed E-state index contributed by atoms with van der Waals surface area (Å²) >= 11 is 8.04. The van der Waals surface area contributed by atoms with Crippen molar-refractivity contribution < 1.29 is 9.90 Å². The lowest BCUT2D eigenvalue weighted by Crippen LogP contribution is -2.00. The zero-order chi connectivity index (χ0) is 21.5. The second kappa shape index (κ2) is 7.88. The van der Waals surface area contributed by atoms with Crippen LogP contribution in [0.2, 0.25) is 5.02 Å². The molecule has 0 unspecified atom stereocenters. The van der Waals surface area contributed by atoms with Gasteiger partial charge in [0.1, 0.15) is 0 Å². The summed E-state index contributed by atoms with van der Waals surface area (Å²) in [5.74, 6) is -0.824. The molecule has 0 amide bonds. The number of thiophene rings is 1. The Morgan fingerprint density at radius 1 is 1.00 bits per heavy atom. The second-order valence-electron chi connectivity index (χ2n) is 7.73. The van der Waals surface area contributed by atoms with Gasteiger partial charge in [0.25, 0.3) is 0 Å². The molecule has 31 heavy (non-hydrogen) atoms. The quantitative estimate of drug-likeness (QED) is 0.312. The van der Waals surface area contributed by atoms with Crippen LogP contribution >= 0.6 is 22.9 Å². The molecule has 0 radical (unpaired) electrons. The van der Waals surface area contributed by atoms with E-state index in [4.69, 9.17) is 11.6 Å². The maximum atomic E-state index is 11.5. The number of carboxylic acid groups (broad SMARTS) is 1. The molecular weight excluding hydrogens is 426 g/mol. The van der Waals surface area contributed by atoms with E-state index in [1.54, 1.807) is 11.3 Å². The molecule has 0 bridgehead atoms. The fourth-order valence-electron chi connectivity index (χ4n) is 4.22. The van der Waals surface area contributed by atoms with E-state index >= 15 is 0 Å². The highest BCUT2D eigenvalue weighted by molar-refractivity contribution is 7.19. The predicted octanol–water partition coefficient (Wildman–Crippen LogP) is 7.16. The molecule has 0 fully saturated rings. The molecule has 0 aliphatic rings. The summed E-state index contributed by atoms with van der Waals surface area (Å²) in [7, 11) is 0. The normalized spacial score (nSPS) is 11.4. The molecule has 1 N–H and O–H groups in total. The zero-order valence-corrected chi connectivity index (χ0v) is 18.5. The van der Waals surface area contributed by atoms with E-state index in [0.717, 1.165) is 38.0 Å². The Kier molecular flexibility index (Phi) is 5.05. The summed E-state index contributed by atoms with van der Waals surface area (Å²) in [5, 5.41) is 12.3. The number of aryl methyl sites for hydroxylation is 1. The molecule has 3 aromatic carbocycles. The van der Waals surface area contributed by atoms with Crippen LogP contribution in [0.4, 0.5) is 0 Å². The first-order chi connectivity index (χ1) is 15.0. The van der Waals surface area contributed by atoms with Gasteiger partial charge in [-0.15, -0.1) is 11.3 Å². The molecule has 2 aromatic heterocycles. The minimum Gasteiger partial charge on any atom is -0.481 e. The highest BCUT2D eigenvalue weighted by Gasteiger charge is 2.16. The van der Waals surface area contributed by atoms with E-state index in [1.807, 2.05) is 42.6 Å². The number of aromatic nitrogens is 1. The largest absolute Gasteiger partial charge is 0.481 e. The van der Waals surface area contributed by atoms with Crippen LogP contribution in [0.3, 0.4) is 0 Å². The SMILES string of the molecule is Cc1sc2ccc(Cl)cc2c1Cn1cc(CC(=O)O)c2ccc(-c3ccccc3)cc21. The van der Waals surface area contributed by atoms with Crippen molar-refractivity contribution in [3.05, 3.63) is 94.0 Å². The Labute approximate surface area is 189 Å². The van der Waals surface area contributed by atoms with E-state index in [-0.39, 0.29) is 6.42 Å². The van der Waals surface area contributed by atoms with Crippen LogP contribution in [0.25, 0.3) is 32.1 Å². The molecule has 0 spiro atoms. The third kappa shape index (κ3) is 3.73. The third-order valence-corrected chi connectivity index (χ3v) is 7.06. The average molecular weight is 446 g/mol. The van der Waals surface area contributed by atoms with E-state index in [0.29, 0.717) is 6.54 Å². The number of hydrogen-bond acceptors (Lipinski definition) is 2. The Balaban J connectivity index is 1.68. The van der Waals surface area contributed by atoms with Gasteiger partial charge in [-0.2, -0.15) is 0 Å². The van der Waals surface area contributed by atoms with Gasteiger partial charge in [0.2, 0.25) is 0 Å². The summed E-state index contributed by atoms with van der Waals surface area (Å²) in [6.45, 7) is 2.80. The van der Waals surface area contributed by atoms with Gasteiger partial charge >= 0.3 is 5.97 Å². The maximum absolute atomic E-state index is 11.5. The Morgan fingerprint density at radius 2 is 1.81 bits per heavy atom. The number of nitrogens with zero attached hydrogens (tertiary/aromatic N) is 1. The zero-order valence-electron chi connectivity index (χ0n) is 16.9. The van der Waals surface area contributed by atoms with E-state index in [9.17, 15) is 9.90 Å². The molecule has 5 heteroatoms. The van der Waals surface area contributed by atoms with Gasteiger partial charge < -0.3 is 9.67 Å². The molecule has 0 saturated carbocycles. The minimum absolute atomic E-state index is 0.00335. The number of rotatable bonds is 5. The lowest BCUT2D eigenvalue weighted by molar-refractivity contribution is -0.136. The summed E-state index contributed by atoms with van der Waals surface area (Å²) in [5.41, 5.74) is 5.35. The van der Waals surface area contributed by atoms with Crippen molar-refractivity contribution in [2.45, 2.75) is 19.9 Å². The molecule has 0 aliphatic carbocycles. The van der Waals surface area contributed by atoms with Crippen LogP contribution in [-0.2, 0) is 17.8 Å². The number of aliphatic carboxylic acids is 1. The molecule has 0 saturated heterocycles. The van der Waals surface area contributed by atoms with E-state index in [2.05, 4.69) is 41.8 Å². The molecule has 0 aliphatic heterocycles. The number of carboxylic acids is 1. The van der Waals surface area contributed by atoms with Crippen LogP contribution in [0, 0.1) is 6.92 Å². The van der Waals surface area contributed by atoms with Gasteiger partial charge in [-0.3, -0.25) is 4.79 Å². The molecule has 154 valence electrons. The number of fused-ring (bicyclic) bond motifs is 2. The van der Waals surface area contributed by atoms with Gasteiger partial charge in [-0.05, 0) is 58.8 Å². The molecule has 0 atom stereocenters. The summed E-state index contributed by atoms with van der Waals surface area (Å²) in [4.78, 5) is 12.7. The molecule has 3 nitrogen and oxygen atoms in total. The third-order valence-electron chi connectivity index (χ3n) is 5.70. The Bertz CT molecular complexity index is 1430. The van der Waals surface area contributed by atoms with Crippen molar-refractivity contribution in [3.63, 3.8) is 0 Å². The summed E-state index contributed by atoms with van der Waals surface area (Å²) < 4.78 is 3.39. The first-order valence-electron chi connectivity index (χ1n) is 10.1. The van der Waals surface area contributed by atoms with Crippen molar-refractivity contribution in [3.8, 4) is 11.1 Å². The molecule has 2 heterocycles. The van der Waals surface area contributed by atoms with Gasteiger partial charge in [0.15, 0.2) is 0 Å². The number of carbonyl (C=O) groups is 1. The highest BCUT2D eigenvalue weighted by atomic mass is 35.5. The van der Waals surface area contributed by atoms with Crippen LogP contribution in [-0.4, -0.2) is 15.6 Å². The van der Waals surface area contributed by atoms with Gasteiger partial charge in [-0.1, -0.05) is 54.1 Å². The molecular formula is C26H20ClNO2S. The van der Waals surface area contributed by atoms with Crippen LogP contribution < -0.4 is 0 Å². The number of hydrogen-bond donors (Lipinski definition) is 1. The first-order valence-corrected chi connectivity index (χ1v) is 11.3. The fraction of sp³-hybridized carbons (Fsp3) is 0.115. The van der Waals surface area contributed by atoms with Crippen molar-refractivity contribution >= 4 is 49.9 Å². The lowest BCUT2D eigenvalue weighted by Gasteiger charge is -2.08. The van der Waals surface area contributed by atoms with Crippen molar-refractivity contribution in [2.24, 2.45) is 0 Å². The molecule has 5 aromatic rings. The Hall–Kier alpha value is -3.08. The van der Waals surface area contributed by atoms with Crippen molar-refractivity contribution in [1.82, 2.24) is 4.57 Å². The van der Waals surface area contributed by atoms with Gasteiger partial charge in [0.05, 0.1) is 6.42 Å². The van der Waals surface area contributed by atoms with E-state index < -0.39 is 5.97 Å². The first kappa shape index (κ1) is 19.9. The summed E-state index contributed by atoms with van der Waals surface area (Å²) in [6.07, 6.45) is 1.99. The van der Waals surface area contributed by atoms with Crippen LogP contribution in [0.5, 0.6) is 0 Å². The fourth-order valence-corrected chi connectivity index (χ4v) is 5.45. The predicted molar refractivity (Wildman–Crippen MR) is 129 cm³/mol. The van der Waals surface area contributed by atoms with E-state index in [1.165, 1.54) is 15.1 Å². The Morgan fingerprint density at radius 3 is 2.58 bits per heavy atom. The average Bonchev–Trinajstić information content (AvgIpc) is 3.25. The monoisotopic (exact) mass is 445 g/mol. The van der Waals surface area contributed by atoms with Crippen molar-refractivity contribution in [2.75, 3.05) is 0 Å². The van der Waals surface area contributed by atoms with Crippen LogP contribution in [0.1, 0.15) is 16.0 Å².